The highest BCUT2D eigenvalue weighted by Crippen LogP contribution is 2.19. The number of carbonyl (C=O) groups is 1. The molecule has 1 aromatic heterocycles. The molecule has 0 spiro atoms. The lowest BCUT2D eigenvalue weighted by Crippen LogP contribution is -2.20. The van der Waals surface area contributed by atoms with Crippen molar-refractivity contribution in [1.29, 1.82) is 0 Å². The van der Waals surface area contributed by atoms with Crippen molar-refractivity contribution >= 4 is 11.6 Å². The van der Waals surface area contributed by atoms with E-state index >= 15 is 0 Å². The van der Waals surface area contributed by atoms with Crippen molar-refractivity contribution in [2.45, 2.75) is 20.0 Å². The Kier molecular flexibility index (Phi) is 6.10. The van der Waals surface area contributed by atoms with E-state index in [2.05, 4.69) is 17.2 Å². The Hall–Kier alpha value is -3.28. The van der Waals surface area contributed by atoms with Crippen molar-refractivity contribution in [2.75, 3.05) is 11.9 Å². The molecule has 0 unspecified atom stereocenters. The predicted octanol–water partition coefficient (Wildman–Crippen LogP) is 3.58. The summed E-state index contributed by atoms with van der Waals surface area (Å²) in [6.07, 6.45) is 4.47. The molecule has 1 N–H and O–H groups in total. The molecule has 0 saturated carbocycles. The van der Waals surface area contributed by atoms with Gasteiger partial charge in [0.1, 0.15) is 23.9 Å². The molecule has 6 heteroatoms. The third-order valence-corrected chi connectivity index (χ3v) is 4.14. The molecule has 0 atom stereocenters. The molecule has 3 rings (SSSR count). The second-order valence-corrected chi connectivity index (χ2v) is 6.07. The molecule has 1 amide bonds. The van der Waals surface area contributed by atoms with Crippen LogP contribution in [0.5, 0.6) is 11.5 Å². The highest BCUT2D eigenvalue weighted by Gasteiger charge is 2.07. The van der Waals surface area contributed by atoms with E-state index in [0.717, 1.165) is 23.6 Å². The smallest absolute Gasteiger partial charge is 0.262 e. The van der Waals surface area contributed by atoms with Crippen molar-refractivity contribution in [3.63, 3.8) is 0 Å². The Morgan fingerprint density at radius 3 is 2.59 bits per heavy atom. The number of rotatable bonds is 8. The summed E-state index contributed by atoms with van der Waals surface area (Å²) in [5.41, 5.74) is 1.77. The van der Waals surface area contributed by atoms with Crippen LogP contribution in [0.1, 0.15) is 18.3 Å². The Morgan fingerprint density at radius 2 is 1.89 bits per heavy atom. The average Bonchev–Trinajstić information content (AvgIpc) is 3.11. The predicted molar refractivity (Wildman–Crippen MR) is 104 cm³/mol. The van der Waals surface area contributed by atoms with E-state index in [1.165, 1.54) is 0 Å². The van der Waals surface area contributed by atoms with Gasteiger partial charge in [-0.1, -0.05) is 25.1 Å². The van der Waals surface area contributed by atoms with Gasteiger partial charge in [0, 0.05) is 25.1 Å². The highest BCUT2D eigenvalue weighted by molar-refractivity contribution is 5.91. The molecule has 2 aromatic carbocycles. The van der Waals surface area contributed by atoms with Gasteiger partial charge in [-0.3, -0.25) is 4.79 Å². The number of anilines is 1. The van der Waals surface area contributed by atoms with Crippen molar-refractivity contribution in [3.8, 4) is 11.5 Å². The number of ether oxygens (including phenoxy) is 2. The molecule has 0 aliphatic heterocycles. The first-order valence-electron chi connectivity index (χ1n) is 8.85. The van der Waals surface area contributed by atoms with Gasteiger partial charge in [-0.25, -0.2) is 4.98 Å². The molecule has 0 aliphatic carbocycles. The summed E-state index contributed by atoms with van der Waals surface area (Å²) in [6, 6.07) is 14.9. The van der Waals surface area contributed by atoms with Crippen molar-refractivity contribution < 1.29 is 14.3 Å². The van der Waals surface area contributed by atoms with Gasteiger partial charge >= 0.3 is 0 Å². The van der Waals surface area contributed by atoms with Crippen LogP contribution in [0.2, 0.25) is 0 Å². The zero-order valence-electron chi connectivity index (χ0n) is 15.5. The van der Waals surface area contributed by atoms with Crippen LogP contribution in [0.25, 0.3) is 0 Å². The van der Waals surface area contributed by atoms with Crippen molar-refractivity contribution in [1.82, 2.24) is 9.55 Å². The number of nitrogens with one attached hydrogen (secondary N) is 1. The van der Waals surface area contributed by atoms with E-state index in [4.69, 9.17) is 9.47 Å². The van der Waals surface area contributed by atoms with Crippen LogP contribution >= 0.6 is 0 Å². The minimum absolute atomic E-state index is 0.0333. The summed E-state index contributed by atoms with van der Waals surface area (Å²) in [5.74, 6) is 2.09. The van der Waals surface area contributed by atoms with Gasteiger partial charge in [-0.15, -0.1) is 0 Å². The fraction of sp³-hybridized carbons (Fsp3) is 0.238. The highest BCUT2D eigenvalue weighted by atomic mass is 16.5. The van der Waals surface area contributed by atoms with E-state index in [0.29, 0.717) is 18.0 Å². The van der Waals surface area contributed by atoms with Crippen LogP contribution in [-0.4, -0.2) is 22.1 Å². The molecule has 3 aromatic rings. The molecule has 27 heavy (non-hydrogen) atoms. The van der Waals surface area contributed by atoms with Gasteiger partial charge in [0.2, 0.25) is 0 Å². The van der Waals surface area contributed by atoms with E-state index in [9.17, 15) is 4.79 Å². The first-order chi connectivity index (χ1) is 13.2. The average molecular weight is 365 g/mol. The Morgan fingerprint density at radius 1 is 1.11 bits per heavy atom. The fourth-order valence-corrected chi connectivity index (χ4v) is 2.60. The number of aromatic nitrogens is 2. The molecular weight excluding hydrogens is 342 g/mol. The maximum Gasteiger partial charge on any atom is 0.262 e. The quantitative estimate of drug-likeness (QED) is 0.663. The van der Waals surface area contributed by atoms with Gasteiger partial charge in [0.05, 0.1) is 0 Å². The van der Waals surface area contributed by atoms with Crippen molar-refractivity contribution in [3.05, 3.63) is 72.3 Å². The summed E-state index contributed by atoms with van der Waals surface area (Å²) >= 11 is 0. The van der Waals surface area contributed by atoms with Crippen LogP contribution in [0.3, 0.4) is 0 Å². The zero-order chi connectivity index (χ0) is 19.1. The molecule has 6 nitrogen and oxygen atoms in total. The monoisotopic (exact) mass is 365 g/mol. The Bertz CT molecular complexity index is 888. The topological polar surface area (TPSA) is 65.4 Å². The van der Waals surface area contributed by atoms with Crippen LogP contribution in [-0.2, 0) is 24.9 Å². The maximum atomic E-state index is 12.1. The first kappa shape index (κ1) is 18.5. The molecular formula is C21H23N3O3. The van der Waals surface area contributed by atoms with Gasteiger partial charge in [-0.2, -0.15) is 0 Å². The van der Waals surface area contributed by atoms with Crippen molar-refractivity contribution in [2.24, 2.45) is 7.05 Å². The van der Waals surface area contributed by atoms with Gasteiger partial charge < -0.3 is 19.4 Å². The minimum Gasteiger partial charge on any atom is -0.486 e. The van der Waals surface area contributed by atoms with Crippen LogP contribution in [0.15, 0.2) is 60.9 Å². The fourth-order valence-electron chi connectivity index (χ4n) is 2.60. The largest absolute Gasteiger partial charge is 0.486 e. The lowest BCUT2D eigenvalue weighted by atomic mass is 10.1. The van der Waals surface area contributed by atoms with Gasteiger partial charge in [0.15, 0.2) is 6.61 Å². The Balaban J connectivity index is 1.49. The molecule has 1 heterocycles. The second kappa shape index (κ2) is 8.89. The summed E-state index contributed by atoms with van der Waals surface area (Å²) in [5, 5.41) is 2.82. The molecule has 0 saturated heterocycles. The standard InChI is InChI=1S/C21H23N3O3/c1-3-16-6-4-5-7-19(16)27-15-21(25)23-17-8-10-18(11-9-17)26-14-20-22-12-13-24(20)2/h4-13H,3,14-15H2,1-2H3,(H,23,25). The second-order valence-electron chi connectivity index (χ2n) is 6.07. The number of hydrogen-bond donors (Lipinski definition) is 1. The number of aryl methyl sites for hydroxylation is 2. The van der Waals surface area contributed by atoms with E-state index < -0.39 is 0 Å². The van der Waals surface area contributed by atoms with E-state index in [-0.39, 0.29) is 12.5 Å². The third-order valence-electron chi connectivity index (χ3n) is 4.14. The van der Waals surface area contributed by atoms with Crippen LogP contribution < -0.4 is 14.8 Å². The number of amides is 1. The number of hydrogen-bond acceptors (Lipinski definition) is 4. The Labute approximate surface area is 158 Å². The molecule has 0 aliphatic rings. The molecule has 0 fully saturated rings. The van der Waals surface area contributed by atoms with Crippen LogP contribution in [0, 0.1) is 0 Å². The third kappa shape index (κ3) is 5.10. The number of imidazole rings is 1. The summed E-state index contributed by atoms with van der Waals surface area (Å²) in [7, 11) is 1.92. The summed E-state index contributed by atoms with van der Waals surface area (Å²) in [6.45, 7) is 2.41. The normalized spacial score (nSPS) is 10.4. The molecule has 0 radical (unpaired) electrons. The molecule has 140 valence electrons. The number of carbonyl (C=O) groups excluding carboxylic acids is 1. The van der Waals surface area contributed by atoms with Crippen LogP contribution in [0.4, 0.5) is 5.69 Å². The number of para-hydroxylation sites is 1. The van der Waals surface area contributed by atoms with E-state index in [1.54, 1.807) is 18.3 Å². The SMILES string of the molecule is CCc1ccccc1OCC(=O)Nc1ccc(OCc2nccn2C)cc1. The lowest BCUT2D eigenvalue weighted by molar-refractivity contribution is -0.118. The van der Waals surface area contributed by atoms with Gasteiger partial charge in [-0.05, 0) is 42.3 Å². The molecule has 0 bridgehead atoms. The zero-order valence-corrected chi connectivity index (χ0v) is 15.5. The number of benzene rings is 2. The van der Waals surface area contributed by atoms with Gasteiger partial charge in [0.25, 0.3) is 5.91 Å². The lowest BCUT2D eigenvalue weighted by Gasteiger charge is -2.11. The van der Waals surface area contributed by atoms with E-state index in [1.807, 2.05) is 54.2 Å². The first-order valence-corrected chi connectivity index (χ1v) is 8.85. The minimum atomic E-state index is -0.206. The number of nitrogens with zero attached hydrogens (tertiary/aromatic N) is 2. The summed E-state index contributed by atoms with van der Waals surface area (Å²) in [4.78, 5) is 16.3. The summed E-state index contributed by atoms with van der Waals surface area (Å²) < 4.78 is 13.2. The maximum absolute atomic E-state index is 12.1.